The van der Waals surface area contributed by atoms with Crippen molar-refractivity contribution in [1.82, 2.24) is 9.80 Å². The molecule has 1 amide bonds. The second kappa shape index (κ2) is 6.71. The highest BCUT2D eigenvalue weighted by atomic mass is 32.2. The SMILES string of the molecule is CS(=O)(=O)CCN1CC2(CCCN(CC3CCCCC3)C2)C1=O. The third kappa shape index (κ3) is 4.08. The number of amides is 1. The van der Waals surface area contributed by atoms with Crippen LogP contribution in [0.4, 0.5) is 0 Å². The van der Waals surface area contributed by atoms with E-state index in [1.807, 2.05) is 0 Å². The lowest BCUT2D eigenvalue weighted by molar-refractivity contribution is -0.165. The highest BCUT2D eigenvalue weighted by Gasteiger charge is 2.53. The summed E-state index contributed by atoms with van der Waals surface area (Å²) in [4.78, 5) is 16.8. The van der Waals surface area contributed by atoms with Crippen LogP contribution in [0.1, 0.15) is 44.9 Å². The number of rotatable bonds is 5. The molecule has 1 aliphatic carbocycles. The Balaban J connectivity index is 1.51. The van der Waals surface area contributed by atoms with Gasteiger partial charge in [-0.15, -0.1) is 0 Å². The Kier molecular flexibility index (Phi) is 5.02. The summed E-state index contributed by atoms with van der Waals surface area (Å²) in [5.74, 6) is 1.09. The van der Waals surface area contributed by atoms with Gasteiger partial charge >= 0.3 is 0 Å². The number of nitrogens with zero attached hydrogens (tertiary/aromatic N) is 2. The molecule has 2 aliphatic heterocycles. The molecule has 0 aromatic heterocycles. The average Bonchev–Trinajstić information content (AvgIpc) is 2.51. The van der Waals surface area contributed by atoms with Gasteiger partial charge in [0.1, 0.15) is 9.84 Å². The van der Waals surface area contributed by atoms with Gasteiger partial charge < -0.3 is 9.80 Å². The number of likely N-dealkylation sites (tertiary alicyclic amines) is 2. The Morgan fingerprint density at radius 2 is 1.87 bits per heavy atom. The van der Waals surface area contributed by atoms with Crippen molar-refractivity contribution in [2.24, 2.45) is 11.3 Å². The van der Waals surface area contributed by atoms with E-state index in [-0.39, 0.29) is 17.1 Å². The number of piperidine rings is 1. The Hall–Kier alpha value is -0.620. The molecule has 1 saturated carbocycles. The second-order valence-corrected chi connectivity index (χ2v) is 10.2. The van der Waals surface area contributed by atoms with Gasteiger partial charge in [-0.05, 0) is 38.1 Å². The van der Waals surface area contributed by atoms with Crippen molar-refractivity contribution in [3.8, 4) is 0 Å². The van der Waals surface area contributed by atoms with Crippen LogP contribution in [-0.4, -0.2) is 68.9 Å². The summed E-state index contributed by atoms with van der Waals surface area (Å²) in [5, 5.41) is 0. The van der Waals surface area contributed by atoms with Gasteiger partial charge in [-0.2, -0.15) is 0 Å². The number of hydrogen-bond donors (Lipinski definition) is 0. The van der Waals surface area contributed by atoms with Crippen LogP contribution < -0.4 is 0 Å². The van der Waals surface area contributed by atoms with Gasteiger partial charge in [0.15, 0.2) is 0 Å². The third-order valence-corrected chi connectivity index (χ3v) is 6.79. The van der Waals surface area contributed by atoms with Crippen molar-refractivity contribution in [2.75, 3.05) is 44.7 Å². The summed E-state index contributed by atoms with van der Waals surface area (Å²) in [6.07, 6.45) is 10.1. The minimum atomic E-state index is -3.00. The van der Waals surface area contributed by atoms with E-state index in [4.69, 9.17) is 0 Å². The normalized spacial score (nSPS) is 30.7. The smallest absolute Gasteiger partial charge is 0.231 e. The summed E-state index contributed by atoms with van der Waals surface area (Å²) >= 11 is 0. The standard InChI is InChI=1S/C17H30N2O3S/c1-23(21,22)11-10-19-14-17(16(19)20)8-5-9-18(13-17)12-15-6-3-2-4-7-15/h15H,2-14H2,1H3. The number of sulfone groups is 1. The van der Waals surface area contributed by atoms with E-state index in [1.165, 1.54) is 38.4 Å². The largest absolute Gasteiger partial charge is 0.340 e. The first kappa shape index (κ1) is 17.2. The minimum absolute atomic E-state index is 0.0839. The van der Waals surface area contributed by atoms with Gasteiger partial charge in [0.2, 0.25) is 5.91 Å². The molecule has 2 saturated heterocycles. The van der Waals surface area contributed by atoms with E-state index in [1.54, 1.807) is 4.90 Å². The quantitative estimate of drug-likeness (QED) is 0.711. The molecule has 3 aliphatic rings. The van der Waals surface area contributed by atoms with Gasteiger partial charge in [0.25, 0.3) is 0 Å². The molecule has 3 fully saturated rings. The van der Waals surface area contributed by atoms with Crippen LogP contribution >= 0.6 is 0 Å². The van der Waals surface area contributed by atoms with Crippen molar-refractivity contribution in [2.45, 2.75) is 44.9 Å². The van der Waals surface area contributed by atoms with Gasteiger partial charge in [-0.3, -0.25) is 4.79 Å². The number of carbonyl (C=O) groups excluding carboxylic acids is 1. The Bertz CT molecular complexity index is 542. The molecule has 0 N–H and O–H groups in total. The van der Waals surface area contributed by atoms with E-state index in [9.17, 15) is 13.2 Å². The zero-order valence-corrected chi connectivity index (χ0v) is 15.1. The Morgan fingerprint density at radius 3 is 2.52 bits per heavy atom. The van der Waals surface area contributed by atoms with Gasteiger partial charge in [0, 0.05) is 32.4 Å². The molecule has 23 heavy (non-hydrogen) atoms. The van der Waals surface area contributed by atoms with E-state index in [0.29, 0.717) is 6.54 Å². The summed E-state index contributed by atoms with van der Waals surface area (Å²) in [7, 11) is -3.00. The lowest BCUT2D eigenvalue weighted by atomic mass is 9.72. The van der Waals surface area contributed by atoms with Crippen LogP contribution in [0.5, 0.6) is 0 Å². The predicted molar refractivity (Wildman–Crippen MR) is 91.0 cm³/mol. The lowest BCUT2D eigenvalue weighted by Gasteiger charge is -2.53. The van der Waals surface area contributed by atoms with Gasteiger partial charge in [-0.25, -0.2) is 8.42 Å². The number of carbonyl (C=O) groups is 1. The number of hydrogen-bond acceptors (Lipinski definition) is 4. The van der Waals surface area contributed by atoms with Crippen LogP contribution in [0.2, 0.25) is 0 Å². The first-order valence-corrected chi connectivity index (χ1v) is 11.1. The first-order valence-electron chi connectivity index (χ1n) is 9.07. The van der Waals surface area contributed by atoms with Crippen LogP contribution in [0.15, 0.2) is 0 Å². The van der Waals surface area contributed by atoms with Crippen LogP contribution in [-0.2, 0) is 14.6 Å². The molecule has 1 unspecified atom stereocenters. The highest BCUT2D eigenvalue weighted by Crippen LogP contribution is 2.40. The highest BCUT2D eigenvalue weighted by molar-refractivity contribution is 7.90. The van der Waals surface area contributed by atoms with Gasteiger partial charge in [0.05, 0.1) is 11.2 Å². The molecular formula is C17H30N2O3S. The molecule has 6 heteroatoms. The van der Waals surface area contributed by atoms with Crippen molar-refractivity contribution >= 4 is 15.7 Å². The maximum Gasteiger partial charge on any atom is 0.231 e. The summed E-state index contributed by atoms with van der Waals surface area (Å²) in [5.41, 5.74) is -0.204. The third-order valence-electron chi connectivity index (χ3n) is 5.86. The molecule has 1 atom stereocenters. The summed E-state index contributed by atoms with van der Waals surface area (Å²) in [6.45, 7) is 4.27. The van der Waals surface area contributed by atoms with Crippen LogP contribution in [0, 0.1) is 11.3 Å². The fraction of sp³-hybridized carbons (Fsp3) is 0.941. The monoisotopic (exact) mass is 342 g/mol. The minimum Gasteiger partial charge on any atom is -0.340 e. The topological polar surface area (TPSA) is 57.7 Å². The molecule has 132 valence electrons. The van der Waals surface area contributed by atoms with E-state index >= 15 is 0 Å². The average molecular weight is 343 g/mol. The van der Waals surface area contributed by atoms with E-state index in [2.05, 4.69) is 4.90 Å². The van der Waals surface area contributed by atoms with Crippen molar-refractivity contribution < 1.29 is 13.2 Å². The molecule has 2 heterocycles. The van der Waals surface area contributed by atoms with Crippen molar-refractivity contribution in [3.05, 3.63) is 0 Å². The second-order valence-electron chi connectivity index (χ2n) is 7.98. The number of β-lactam (4-membered cyclic amide) rings is 1. The maximum absolute atomic E-state index is 12.6. The van der Waals surface area contributed by atoms with Crippen molar-refractivity contribution in [1.29, 1.82) is 0 Å². The fourth-order valence-electron chi connectivity index (χ4n) is 4.63. The predicted octanol–water partition coefficient (Wildman–Crippen LogP) is 1.54. The fourth-order valence-corrected chi connectivity index (χ4v) is 5.18. The zero-order valence-electron chi connectivity index (χ0n) is 14.3. The Morgan fingerprint density at radius 1 is 1.13 bits per heavy atom. The molecule has 0 aromatic rings. The lowest BCUT2D eigenvalue weighted by Crippen LogP contribution is -2.67. The first-order chi connectivity index (χ1) is 10.9. The zero-order chi connectivity index (χ0) is 16.5. The molecule has 5 nitrogen and oxygen atoms in total. The molecular weight excluding hydrogens is 312 g/mol. The molecule has 0 aromatic carbocycles. The molecule has 0 bridgehead atoms. The summed E-state index contributed by atoms with van der Waals surface area (Å²) < 4.78 is 22.6. The van der Waals surface area contributed by atoms with Crippen molar-refractivity contribution in [3.63, 3.8) is 0 Å². The van der Waals surface area contributed by atoms with E-state index in [0.717, 1.165) is 44.9 Å². The molecule has 0 radical (unpaired) electrons. The van der Waals surface area contributed by atoms with Crippen LogP contribution in [0.3, 0.4) is 0 Å². The molecule has 1 spiro atoms. The van der Waals surface area contributed by atoms with Crippen LogP contribution in [0.25, 0.3) is 0 Å². The van der Waals surface area contributed by atoms with E-state index < -0.39 is 9.84 Å². The molecule has 3 rings (SSSR count). The van der Waals surface area contributed by atoms with Gasteiger partial charge in [-0.1, -0.05) is 19.3 Å². The maximum atomic E-state index is 12.6. The summed E-state index contributed by atoms with van der Waals surface area (Å²) in [6, 6.07) is 0. The Labute approximate surface area is 140 Å².